The molecule has 0 unspecified atom stereocenters. The Morgan fingerprint density at radius 2 is 1.49 bits per heavy atom. The van der Waals surface area contributed by atoms with Gasteiger partial charge in [0, 0.05) is 31.7 Å². The first-order valence-electron chi connectivity index (χ1n) is 11.1. The van der Waals surface area contributed by atoms with Crippen molar-refractivity contribution in [3.8, 4) is 0 Å². The van der Waals surface area contributed by atoms with Crippen LogP contribution in [0.25, 0.3) is 0 Å². The molecule has 1 N–H and O–H groups in total. The summed E-state index contributed by atoms with van der Waals surface area (Å²) < 4.78 is 26.8. The van der Waals surface area contributed by atoms with Crippen molar-refractivity contribution in [2.24, 2.45) is 0 Å². The normalized spacial score (nSPS) is 14.9. The molecule has 1 atom stereocenters. The van der Waals surface area contributed by atoms with E-state index in [-0.39, 0.29) is 37.0 Å². The van der Waals surface area contributed by atoms with Crippen molar-refractivity contribution in [1.29, 1.82) is 0 Å². The number of rotatable bonds is 6. The van der Waals surface area contributed by atoms with Gasteiger partial charge in [-0.05, 0) is 42.1 Å². The number of hydrogen-bond acceptors (Lipinski definition) is 6. The van der Waals surface area contributed by atoms with E-state index < -0.39 is 27.0 Å². The van der Waals surface area contributed by atoms with Crippen molar-refractivity contribution in [3.63, 3.8) is 0 Å². The van der Waals surface area contributed by atoms with Gasteiger partial charge in [0.05, 0.1) is 9.77 Å². The van der Waals surface area contributed by atoms with Gasteiger partial charge in [-0.25, -0.2) is 8.42 Å². The highest BCUT2D eigenvalue weighted by Crippen LogP contribution is 2.19. The Labute approximate surface area is 208 Å². The largest absolute Gasteiger partial charge is 0.336 e. The van der Waals surface area contributed by atoms with Gasteiger partial charge in [0.15, 0.2) is 0 Å². The third-order valence-corrected chi connectivity index (χ3v) is 8.61. The number of aryl methyl sites for hydroxylation is 1. The monoisotopic (exact) mass is 511 g/mol. The molecule has 3 amide bonds. The van der Waals surface area contributed by atoms with E-state index in [1.165, 1.54) is 17.0 Å². The van der Waals surface area contributed by atoms with Crippen LogP contribution in [0.4, 0.5) is 0 Å². The van der Waals surface area contributed by atoms with Gasteiger partial charge in [0.1, 0.15) is 0 Å². The Morgan fingerprint density at radius 3 is 2.11 bits per heavy atom. The third kappa shape index (κ3) is 5.28. The first kappa shape index (κ1) is 24.6. The van der Waals surface area contributed by atoms with E-state index >= 15 is 0 Å². The number of nitrogens with one attached hydrogen (secondary N) is 1. The van der Waals surface area contributed by atoms with E-state index in [9.17, 15) is 22.8 Å². The third-order valence-electron chi connectivity index (χ3n) is 5.87. The van der Waals surface area contributed by atoms with E-state index in [0.717, 1.165) is 16.9 Å². The van der Waals surface area contributed by atoms with Gasteiger partial charge >= 0.3 is 0 Å². The molecule has 2 aromatic carbocycles. The van der Waals surface area contributed by atoms with Gasteiger partial charge in [-0.3, -0.25) is 14.4 Å². The lowest BCUT2D eigenvalue weighted by atomic mass is 10.1. The standard InChI is InChI=1S/C25H25N3O5S2/c1-18-8-5-6-11-20(18)24(30)27-13-15-28(16-14-27)25(31)23(26-22(29)21-12-7-17-34-21)35(32,33)19-9-3-2-4-10-19/h2-12,17,23H,13-16H2,1H3,(H,26,29)/t23-/m0/s1. The maximum atomic E-state index is 13.5. The van der Waals surface area contributed by atoms with Gasteiger partial charge in [-0.2, -0.15) is 0 Å². The molecule has 182 valence electrons. The number of sulfone groups is 1. The van der Waals surface area contributed by atoms with Crippen LogP contribution in [0.15, 0.2) is 77.0 Å². The number of carbonyl (C=O) groups is 3. The highest BCUT2D eigenvalue weighted by atomic mass is 32.2. The number of piperazine rings is 1. The molecule has 0 spiro atoms. The van der Waals surface area contributed by atoms with Crippen LogP contribution in [0, 0.1) is 6.92 Å². The van der Waals surface area contributed by atoms with E-state index in [2.05, 4.69) is 5.32 Å². The van der Waals surface area contributed by atoms with Crippen LogP contribution in [-0.2, 0) is 14.6 Å². The number of carbonyl (C=O) groups excluding carboxylic acids is 3. The molecule has 8 nitrogen and oxygen atoms in total. The van der Waals surface area contributed by atoms with Crippen molar-refractivity contribution in [2.75, 3.05) is 26.2 Å². The van der Waals surface area contributed by atoms with E-state index in [1.807, 2.05) is 19.1 Å². The van der Waals surface area contributed by atoms with Crippen molar-refractivity contribution < 1.29 is 22.8 Å². The average molecular weight is 512 g/mol. The fourth-order valence-corrected chi connectivity index (χ4v) is 6.01. The zero-order valence-electron chi connectivity index (χ0n) is 19.1. The number of benzene rings is 2. The Morgan fingerprint density at radius 1 is 0.857 bits per heavy atom. The first-order chi connectivity index (χ1) is 16.8. The van der Waals surface area contributed by atoms with Crippen LogP contribution in [0.3, 0.4) is 0 Å². The van der Waals surface area contributed by atoms with Crippen molar-refractivity contribution in [1.82, 2.24) is 15.1 Å². The second-order valence-corrected chi connectivity index (χ2v) is 11.1. The SMILES string of the molecule is Cc1ccccc1C(=O)N1CCN(C(=O)[C@@H](NC(=O)c2cccs2)S(=O)(=O)c2ccccc2)CC1. The predicted octanol–water partition coefficient (Wildman–Crippen LogP) is 2.57. The van der Waals surface area contributed by atoms with Crippen LogP contribution in [-0.4, -0.2) is 67.5 Å². The molecule has 0 saturated carbocycles. The summed E-state index contributed by atoms with van der Waals surface area (Å²) >= 11 is 1.15. The van der Waals surface area contributed by atoms with E-state index in [0.29, 0.717) is 10.4 Å². The summed E-state index contributed by atoms with van der Waals surface area (Å²) in [4.78, 5) is 42.4. The zero-order chi connectivity index (χ0) is 25.0. The average Bonchev–Trinajstić information content (AvgIpc) is 3.42. The Hall–Kier alpha value is -3.50. The quantitative estimate of drug-likeness (QED) is 0.548. The number of hydrogen-bond donors (Lipinski definition) is 1. The fourth-order valence-electron chi connectivity index (χ4n) is 3.90. The Balaban J connectivity index is 1.53. The smallest absolute Gasteiger partial charge is 0.262 e. The molecule has 0 aliphatic carbocycles. The van der Waals surface area contributed by atoms with Gasteiger partial charge in [0.25, 0.3) is 17.7 Å². The summed E-state index contributed by atoms with van der Waals surface area (Å²) in [6.45, 7) is 2.70. The van der Waals surface area contributed by atoms with Crippen molar-refractivity contribution in [3.05, 3.63) is 88.1 Å². The van der Waals surface area contributed by atoms with Crippen LogP contribution in [0.2, 0.25) is 0 Å². The molecule has 1 saturated heterocycles. The zero-order valence-corrected chi connectivity index (χ0v) is 20.7. The van der Waals surface area contributed by atoms with Crippen LogP contribution < -0.4 is 5.32 Å². The predicted molar refractivity (Wildman–Crippen MR) is 133 cm³/mol. The highest BCUT2D eigenvalue weighted by molar-refractivity contribution is 7.92. The van der Waals surface area contributed by atoms with E-state index in [1.54, 1.807) is 52.7 Å². The maximum Gasteiger partial charge on any atom is 0.262 e. The maximum absolute atomic E-state index is 13.5. The Bertz CT molecular complexity index is 1320. The number of thiophene rings is 1. The van der Waals surface area contributed by atoms with Crippen LogP contribution in [0.5, 0.6) is 0 Å². The first-order valence-corrected chi connectivity index (χ1v) is 13.5. The summed E-state index contributed by atoms with van der Waals surface area (Å²) in [6, 6.07) is 18.1. The summed E-state index contributed by atoms with van der Waals surface area (Å²) in [7, 11) is -4.21. The molecule has 1 fully saturated rings. The molecule has 1 aliphatic heterocycles. The highest BCUT2D eigenvalue weighted by Gasteiger charge is 2.39. The molecule has 0 radical (unpaired) electrons. The van der Waals surface area contributed by atoms with Crippen LogP contribution >= 0.6 is 11.3 Å². The molecular formula is C25H25N3O5S2. The second kappa shape index (κ2) is 10.4. The molecule has 35 heavy (non-hydrogen) atoms. The minimum Gasteiger partial charge on any atom is -0.336 e. The summed E-state index contributed by atoms with van der Waals surface area (Å²) in [5, 5.41) is 2.35. The minimum atomic E-state index is -4.21. The van der Waals surface area contributed by atoms with E-state index in [4.69, 9.17) is 0 Å². The fraction of sp³-hybridized carbons (Fsp3) is 0.240. The molecular weight excluding hydrogens is 486 g/mol. The lowest BCUT2D eigenvalue weighted by Gasteiger charge is -2.36. The molecule has 10 heteroatoms. The van der Waals surface area contributed by atoms with Gasteiger partial charge in [0.2, 0.25) is 15.2 Å². The summed E-state index contributed by atoms with van der Waals surface area (Å²) in [5.74, 6) is -1.48. The second-order valence-electron chi connectivity index (χ2n) is 8.12. The van der Waals surface area contributed by atoms with Crippen molar-refractivity contribution >= 4 is 38.9 Å². The molecule has 0 bridgehead atoms. The van der Waals surface area contributed by atoms with Crippen LogP contribution in [0.1, 0.15) is 25.6 Å². The number of nitrogens with zero attached hydrogens (tertiary/aromatic N) is 2. The van der Waals surface area contributed by atoms with Gasteiger partial charge < -0.3 is 15.1 Å². The lowest BCUT2D eigenvalue weighted by Crippen LogP contribution is -2.57. The summed E-state index contributed by atoms with van der Waals surface area (Å²) in [6.07, 6.45) is 0. The minimum absolute atomic E-state index is 0.0572. The molecule has 1 aliphatic rings. The van der Waals surface area contributed by atoms with Gasteiger partial charge in [-0.15, -0.1) is 11.3 Å². The van der Waals surface area contributed by atoms with Gasteiger partial charge in [-0.1, -0.05) is 42.5 Å². The molecule has 4 rings (SSSR count). The van der Waals surface area contributed by atoms with Crippen molar-refractivity contribution in [2.45, 2.75) is 17.2 Å². The topological polar surface area (TPSA) is 104 Å². The molecule has 2 heterocycles. The molecule has 3 aromatic rings. The number of amides is 3. The lowest BCUT2D eigenvalue weighted by molar-refractivity contribution is -0.132. The molecule has 1 aromatic heterocycles. The summed E-state index contributed by atoms with van der Waals surface area (Å²) in [5.41, 5.74) is 1.46. The Kier molecular flexibility index (Phi) is 7.32.